The molecule has 1 aliphatic rings. The first-order valence-corrected chi connectivity index (χ1v) is 11.2. The molecule has 2 aromatic rings. The van der Waals surface area contributed by atoms with Gasteiger partial charge in [-0.05, 0) is 47.5 Å². The summed E-state index contributed by atoms with van der Waals surface area (Å²) in [6.07, 6.45) is -1.29. The van der Waals surface area contributed by atoms with E-state index in [1.54, 1.807) is 24.3 Å². The summed E-state index contributed by atoms with van der Waals surface area (Å²) in [6, 6.07) is 9.25. The molecular weight excluding hydrogens is 510 g/mol. The van der Waals surface area contributed by atoms with E-state index >= 15 is 0 Å². The molecule has 0 aromatic heterocycles. The number of nitrogens with one attached hydrogen (secondary N) is 2. The zero-order chi connectivity index (χ0) is 28.4. The molecule has 0 saturated carbocycles. The third-order valence-electron chi connectivity index (χ3n) is 5.06. The molecule has 1 aliphatic heterocycles. The van der Waals surface area contributed by atoms with Crippen LogP contribution in [0.2, 0.25) is 0 Å². The lowest BCUT2D eigenvalue weighted by Gasteiger charge is -2.28. The molecule has 202 valence electrons. The highest BCUT2D eigenvalue weighted by molar-refractivity contribution is 6.09. The summed E-state index contributed by atoms with van der Waals surface area (Å²) in [5.74, 6) is 0.465. The van der Waals surface area contributed by atoms with Crippen molar-refractivity contribution in [2.75, 3.05) is 13.1 Å². The van der Waals surface area contributed by atoms with Crippen LogP contribution in [0.5, 0.6) is 0 Å². The summed E-state index contributed by atoms with van der Waals surface area (Å²) in [7, 11) is 0. The Morgan fingerprint density at radius 2 is 1.37 bits per heavy atom. The molecule has 6 nitrogen and oxygen atoms in total. The average Bonchev–Trinajstić information content (AvgIpc) is 2.84. The maximum atomic E-state index is 12.8. The van der Waals surface area contributed by atoms with Gasteiger partial charge in [0, 0.05) is 18.5 Å². The van der Waals surface area contributed by atoms with Crippen molar-refractivity contribution >= 4 is 23.8 Å². The molecule has 0 amide bonds. The SMILES string of the molecule is CC1(C)CN=C(NN=C(/C=C/c2ccc(C(F)(F)F)cc2)/C=C/c2ccc(C(F)(F)F)cc2)NC1.N#CN. The number of hydrazone groups is 1. The molecule has 12 heteroatoms. The van der Waals surface area contributed by atoms with Crippen molar-refractivity contribution in [1.29, 1.82) is 5.26 Å². The Balaban J connectivity index is 0.00000161. The number of benzene rings is 2. The number of nitriles is 1. The molecule has 0 saturated heterocycles. The van der Waals surface area contributed by atoms with Gasteiger partial charge in [0.25, 0.3) is 0 Å². The molecule has 0 fully saturated rings. The lowest BCUT2D eigenvalue weighted by Crippen LogP contribution is -2.46. The number of nitrogens with two attached hydrogens (primary N) is 1. The highest BCUT2D eigenvalue weighted by Gasteiger charge is 2.30. The number of allylic oxidation sites excluding steroid dienone is 2. The maximum Gasteiger partial charge on any atom is 0.416 e. The van der Waals surface area contributed by atoms with Crippen LogP contribution in [-0.2, 0) is 12.4 Å². The van der Waals surface area contributed by atoms with Crippen LogP contribution in [0.3, 0.4) is 0 Å². The van der Waals surface area contributed by atoms with Gasteiger partial charge in [-0.25, -0.2) is 5.43 Å². The van der Waals surface area contributed by atoms with Crippen molar-refractivity contribution in [2.24, 2.45) is 21.2 Å². The summed E-state index contributed by atoms with van der Waals surface area (Å²) in [4.78, 5) is 4.38. The van der Waals surface area contributed by atoms with E-state index in [0.717, 1.165) is 24.3 Å². The number of alkyl halides is 6. The minimum Gasteiger partial charge on any atom is -0.354 e. The predicted octanol–water partition coefficient (Wildman–Crippen LogP) is 5.81. The van der Waals surface area contributed by atoms with Crippen LogP contribution in [0.1, 0.15) is 36.1 Å². The second-order valence-corrected chi connectivity index (χ2v) is 8.87. The largest absolute Gasteiger partial charge is 0.416 e. The minimum atomic E-state index is -4.43. The molecule has 0 unspecified atom stereocenters. The summed E-state index contributed by atoms with van der Waals surface area (Å²) < 4.78 is 76.7. The van der Waals surface area contributed by atoms with Gasteiger partial charge in [0.1, 0.15) is 0 Å². The molecule has 0 atom stereocenters. The standard InChI is InChI=1S/C25H24F6N4.CH2N2/c1-23(2)15-32-22(33-16-23)35-34-21(13-7-17-3-9-19(10-4-17)24(26,27)28)14-8-18-5-11-20(12-6-18)25(29,30)31;2-1-3/h3-14H,15-16H2,1-2H3,(H2,32,33,35);2H2/b13-7+,14-8+;. The van der Waals surface area contributed by atoms with E-state index in [1.165, 1.54) is 30.5 Å². The fraction of sp³-hybridized carbons (Fsp3) is 0.269. The summed E-state index contributed by atoms with van der Waals surface area (Å²) in [5, 5.41) is 14.5. The highest BCUT2D eigenvalue weighted by atomic mass is 19.4. The molecule has 2 aromatic carbocycles. The Hall–Kier alpha value is -4.27. The van der Waals surface area contributed by atoms with Crippen molar-refractivity contribution in [3.8, 4) is 6.19 Å². The van der Waals surface area contributed by atoms with Crippen molar-refractivity contribution in [2.45, 2.75) is 26.2 Å². The Labute approximate surface area is 216 Å². The third kappa shape index (κ3) is 10.0. The molecule has 1 heterocycles. The van der Waals surface area contributed by atoms with E-state index in [9.17, 15) is 26.3 Å². The van der Waals surface area contributed by atoms with E-state index in [1.807, 2.05) is 0 Å². The van der Waals surface area contributed by atoms with Gasteiger partial charge >= 0.3 is 12.4 Å². The molecular formula is C26H26F6N6. The molecule has 3 rings (SSSR count). The van der Waals surface area contributed by atoms with Gasteiger partial charge in [-0.2, -0.15) is 36.7 Å². The number of hydrogen-bond donors (Lipinski definition) is 3. The van der Waals surface area contributed by atoms with Gasteiger partial charge in [0.15, 0.2) is 6.19 Å². The summed E-state index contributed by atoms with van der Waals surface area (Å²) >= 11 is 0. The van der Waals surface area contributed by atoms with Crippen LogP contribution < -0.4 is 16.5 Å². The Kier molecular flexibility index (Phi) is 10.1. The first kappa shape index (κ1) is 30.0. The normalized spacial score (nSPS) is 15.1. The molecule has 0 aliphatic carbocycles. The van der Waals surface area contributed by atoms with Crippen LogP contribution in [0.25, 0.3) is 12.2 Å². The Morgan fingerprint density at radius 1 is 0.947 bits per heavy atom. The molecule has 0 radical (unpaired) electrons. The maximum absolute atomic E-state index is 12.8. The Morgan fingerprint density at radius 3 is 1.71 bits per heavy atom. The second-order valence-electron chi connectivity index (χ2n) is 8.87. The predicted molar refractivity (Wildman–Crippen MR) is 135 cm³/mol. The third-order valence-corrected chi connectivity index (χ3v) is 5.06. The van der Waals surface area contributed by atoms with Crippen LogP contribution in [0, 0.1) is 16.9 Å². The average molecular weight is 537 g/mol. The molecule has 0 spiro atoms. The van der Waals surface area contributed by atoms with Crippen LogP contribution >= 0.6 is 0 Å². The number of hydrogen-bond acceptors (Lipinski definition) is 6. The van der Waals surface area contributed by atoms with Crippen LogP contribution in [0.15, 0.2) is 70.8 Å². The smallest absolute Gasteiger partial charge is 0.354 e. The molecule has 4 N–H and O–H groups in total. The lowest BCUT2D eigenvalue weighted by atomic mass is 9.93. The zero-order valence-corrected chi connectivity index (χ0v) is 20.5. The van der Waals surface area contributed by atoms with Gasteiger partial charge in [-0.15, -0.1) is 0 Å². The molecule has 0 bridgehead atoms. The van der Waals surface area contributed by atoms with Crippen molar-refractivity contribution in [1.82, 2.24) is 10.7 Å². The Bertz CT molecular complexity index is 1150. The van der Waals surface area contributed by atoms with Crippen molar-refractivity contribution in [3.63, 3.8) is 0 Å². The van der Waals surface area contributed by atoms with Gasteiger partial charge in [-0.3, -0.25) is 4.99 Å². The van der Waals surface area contributed by atoms with E-state index in [0.29, 0.717) is 35.9 Å². The van der Waals surface area contributed by atoms with Crippen molar-refractivity contribution < 1.29 is 26.3 Å². The summed E-state index contributed by atoms with van der Waals surface area (Å²) in [6.45, 7) is 5.41. The van der Waals surface area contributed by atoms with Gasteiger partial charge < -0.3 is 11.1 Å². The fourth-order valence-corrected chi connectivity index (χ4v) is 2.98. The van der Waals surface area contributed by atoms with Gasteiger partial charge in [0.05, 0.1) is 16.8 Å². The fourth-order valence-electron chi connectivity index (χ4n) is 2.98. The van der Waals surface area contributed by atoms with Crippen LogP contribution in [-0.4, -0.2) is 24.8 Å². The van der Waals surface area contributed by atoms with Gasteiger partial charge in [0.2, 0.25) is 5.96 Å². The van der Waals surface area contributed by atoms with E-state index in [2.05, 4.69) is 40.4 Å². The number of guanidine groups is 1. The van der Waals surface area contributed by atoms with Gasteiger partial charge in [-0.1, -0.05) is 50.3 Å². The topological polar surface area (TPSA) is 98.6 Å². The minimum absolute atomic E-state index is 0.00266. The van der Waals surface area contributed by atoms with Crippen molar-refractivity contribution in [3.05, 3.63) is 82.9 Å². The van der Waals surface area contributed by atoms with Crippen LogP contribution in [0.4, 0.5) is 26.3 Å². The monoisotopic (exact) mass is 536 g/mol. The van der Waals surface area contributed by atoms with E-state index in [-0.39, 0.29) is 5.41 Å². The number of nitrogens with zero attached hydrogens (tertiary/aromatic N) is 3. The quantitative estimate of drug-likeness (QED) is 0.148. The summed E-state index contributed by atoms with van der Waals surface area (Å²) in [5.41, 5.74) is 6.87. The number of halogens is 6. The lowest BCUT2D eigenvalue weighted by molar-refractivity contribution is -0.138. The number of rotatable bonds is 5. The number of aliphatic imine (C=N–C) groups is 1. The first-order valence-electron chi connectivity index (χ1n) is 11.2. The molecule has 38 heavy (non-hydrogen) atoms. The van der Waals surface area contributed by atoms with E-state index < -0.39 is 23.5 Å². The van der Waals surface area contributed by atoms with E-state index in [4.69, 9.17) is 5.26 Å². The highest BCUT2D eigenvalue weighted by Crippen LogP contribution is 2.30. The second kappa shape index (κ2) is 12.8. The first-order chi connectivity index (χ1) is 17.7. The zero-order valence-electron chi connectivity index (χ0n) is 20.5.